The van der Waals surface area contributed by atoms with Gasteiger partial charge in [-0.15, -0.1) is 16.4 Å². The average Bonchev–Trinajstić information content (AvgIpc) is 3.46. The van der Waals surface area contributed by atoms with Gasteiger partial charge in [0.15, 0.2) is 5.82 Å². The fourth-order valence-corrected chi connectivity index (χ4v) is 3.87. The fraction of sp³-hybridized carbons (Fsp3) is 0.0556. The maximum Gasteiger partial charge on any atom is 0.378 e. The number of aromatic nitrogens is 3. The number of hydrogen-bond acceptors (Lipinski definition) is 8. The molecule has 0 aliphatic rings. The lowest BCUT2D eigenvalue weighted by atomic mass is 10.3. The van der Waals surface area contributed by atoms with Crippen LogP contribution in [-0.2, 0) is 11.3 Å². The van der Waals surface area contributed by atoms with E-state index in [1.165, 1.54) is 17.4 Å². The number of nitrogens with zero attached hydrogens (tertiary/aromatic N) is 4. The van der Waals surface area contributed by atoms with E-state index in [4.69, 9.17) is 4.74 Å². The minimum Gasteiger partial charge on any atom is -0.455 e. The number of carbonyl (C=O) groups excluding carboxylic acids is 1. The number of thiophene rings is 2. The molecule has 0 saturated heterocycles. The number of para-hydroxylation sites is 1. The van der Waals surface area contributed by atoms with Gasteiger partial charge in [-0.1, -0.05) is 35.6 Å². The van der Waals surface area contributed by atoms with Crippen LogP contribution in [0.3, 0.4) is 0 Å². The lowest BCUT2D eigenvalue weighted by molar-refractivity contribution is -0.380. The lowest BCUT2D eigenvalue weighted by Crippen LogP contribution is -2.08. The van der Waals surface area contributed by atoms with Crippen molar-refractivity contribution in [2.45, 2.75) is 6.61 Å². The van der Waals surface area contributed by atoms with Crippen LogP contribution in [0.25, 0.3) is 16.4 Å². The Hall–Kier alpha value is -3.37. The zero-order valence-electron chi connectivity index (χ0n) is 14.2. The number of nitro groups is 1. The molecule has 0 atom stereocenters. The molecule has 0 N–H and O–H groups in total. The Balaban J connectivity index is 1.59. The molecule has 140 valence electrons. The topological polar surface area (TPSA) is 100 Å². The number of carbonyl (C=O) groups is 1. The molecule has 0 unspecified atom stereocenters. The van der Waals surface area contributed by atoms with Crippen molar-refractivity contribution in [3.05, 3.63) is 80.8 Å². The van der Waals surface area contributed by atoms with Gasteiger partial charge in [0.25, 0.3) is 5.82 Å². The van der Waals surface area contributed by atoms with Gasteiger partial charge < -0.3 is 4.74 Å². The first-order valence-corrected chi connectivity index (χ1v) is 9.83. The summed E-state index contributed by atoms with van der Waals surface area (Å²) in [4.78, 5) is 27.9. The molecule has 1 aromatic carbocycles. The second-order valence-corrected chi connectivity index (χ2v) is 7.45. The number of esters is 1. The average molecular weight is 412 g/mol. The zero-order chi connectivity index (χ0) is 19.5. The molecule has 4 rings (SSSR count). The van der Waals surface area contributed by atoms with Gasteiger partial charge in [0.1, 0.15) is 6.61 Å². The molecule has 4 aromatic rings. The summed E-state index contributed by atoms with van der Waals surface area (Å²) >= 11 is 2.47. The maximum absolute atomic E-state index is 12.4. The summed E-state index contributed by atoms with van der Waals surface area (Å²) < 4.78 is 6.83. The van der Waals surface area contributed by atoms with Gasteiger partial charge in [-0.2, -0.15) is 4.98 Å². The smallest absolute Gasteiger partial charge is 0.378 e. The number of rotatable bonds is 6. The van der Waals surface area contributed by atoms with E-state index in [1.807, 2.05) is 47.8 Å². The Bertz CT molecular complexity index is 1120. The van der Waals surface area contributed by atoms with Crippen LogP contribution in [0.15, 0.2) is 59.3 Å². The van der Waals surface area contributed by atoms with Gasteiger partial charge in [0.2, 0.25) is 0 Å². The number of benzene rings is 1. The van der Waals surface area contributed by atoms with E-state index >= 15 is 0 Å². The molecular weight excluding hydrogens is 400 g/mol. The summed E-state index contributed by atoms with van der Waals surface area (Å²) in [5.41, 5.74) is 1.32. The highest BCUT2D eigenvalue weighted by molar-refractivity contribution is 7.13. The first-order valence-electron chi connectivity index (χ1n) is 8.07. The van der Waals surface area contributed by atoms with Crippen LogP contribution >= 0.6 is 22.7 Å². The van der Waals surface area contributed by atoms with Crippen molar-refractivity contribution in [2.24, 2.45) is 0 Å². The molecule has 0 bridgehead atoms. The molecule has 28 heavy (non-hydrogen) atoms. The Kier molecular flexibility index (Phi) is 4.96. The molecule has 10 heteroatoms. The standard InChI is InChI=1S/C18H12N4O4S2/c23-18(26-10-12-9-15(22(24)25)28-11-12)16-19-17(14-7-4-8-27-14)21(20-16)13-5-2-1-3-6-13/h1-9,11H,10H2. The maximum atomic E-state index is 12.4. The van der Waals surface area contributed by atoms with Crippen LogP contribution in [0.1, 0.15) is 16.2 Å². The highest BCUT2D eigenvalue weighted by Crippen LogP contribution is 2.26. The van der Waals surface area contributed by atoms with Crippen molar-refractivity contribution in [3.63, 3.8) is 0 Å². The predicted octanol–water partition coefficient (Wildman–Crippen LogP) is 4.32. The first-order chi connectivity index (χ1) is 13.6. The van der Waals surface area contributed by atoms with E-state index in [0.29, 0.717) is 11.4 Å². The van der Waals surface area contributed by atoms with Crippen molar-refractivity contribution in [2.75, 3.05) is 0 Å². The summed E-state index contributed by atoms with van der Waals surface area (Å²) in [6.07, 6.45) is 0. The third-order valence-corrected chi connectivity index (χ3v) is 5.52. The molecule has 0 spiro atoms. The van der Waals surface area contributed by atoms with Gasteiger partial charge in [0, 0.05) is 17.0 Å². The van der Waals surface area contributed by atoms with Gasteiger partial charge in [-0.25, -0.2) is 9.48 Å². The molecule has 0 aliphatic heterocycles. The minimum absolute atomic E-state index is 0.00230. The third-order valence-electron chi connectivity index (χ3n) is 3.72. The predicted molar refractivity (Wildman–Crippen MR) is 105 cm³/mol. The van der Waals surface area contributed by atoms with E-state index in [9.17, 15) is 14.9 Å². The molecule has 0 amide bonds. The largest absolute Gasteiger partial charge is 0.455 e. The van der Waals surface area contributed by atoms with Crippen molar-refractivity contribution < 1.29 is 14.5 Å². The molecule has 3 heterocycles. The van der Waals surface area contributed by atoms with Crippen molar-refractivity contribution >= 4 is 33.6 Å². The Morgan fingerprint density at radius 3 is 2.68 bits per heavy atom. The number of hydrogen-bond donors (Lipinski definition) is 0. The third kappa shape index (κ3) is 3.68. The van der Waals surface area contributed by atoms with Crippen LogP contribution in [-0.4, -0.2) is 25.7 Å². The van der Waals surface area contributed by atoms with E-state index in [-0.39, 0.29) is 17.4 Å². The van der Waals surface area contributed by atoms with E-state index < -0.39 is 10.9 Å². The number of ether oxygens (including phenoxy) is 1. The molecule has 0 saturated carbocycles. The minimum atomic E-state index is -0.693. The second kappa shape index (κ2) is 7.71. The molecule has 8 nitrogen and oxygen atoms in total. The second-order valence-electron chi connectivity index (χ2n) is 5.61. The van der Waals surface area contributed by atoms with E-state index in [0.717, 1.165) is 21.9 Å². The van der Waals surface area contributed by atoms with Crippen LogP contribution < -0.4 is 0 Å². The molecule has 0 aliphatic carbocycles. The van der Waals surface area contributed by atoms with Gasteiger partial charge >= 0.3 is 11.0 Å². The monoisotopic (exact) mass is 412 g/mol. The van der Waals surface area contributed by atoms with Gasteiger partial charge in [-0.3, -0.25) is 10.1 Å². The van der Waals surface area contributed by atoms with Crippen LogP contribution in [0.5, 0.6) is 0 Å². The highest BCUT2D eigenvalue weighted by Gasteiger charge is 2.21. The van der Waals surface area contributed by atoms with Crippen LogP contribution in [0.4, 0.5) is 5.00 Å². The Morgan fingerprint density at radius 2 is 2.00 bits per heavy atom. The fourth-order valence-electron chi connectivity index (χ4n) is 2.46. The summed E-state index contributed by atoms with van der Waals surface area (Å²) in [6, 6.07) is 14.5. The van der Waals surface area contributed by atoms with E-state index in [1.54, 1.807) is 10.1 Å². The van der Waals surface area contributed by atoms with Crippen molar-refractivity contribution in [1.29, 1.82) is 0 Å². The molecule has 3 aromatic heterocycles. The van der Waals surface area contributed by atoms with Crippen molar-refractivity contribution in [1.82, 2.24) is 14.8 Å². The first kappa shape index (κ1) is 18.0. The normalized spacial score (nSPS) is 10.7. The summed E-state index contributed by atoms with van der Waals surface area (Å²) in [5.74, 6) is -0.224. The van der Waals surface area contributed by atoms with Crippen molar-refractivity contribution in [3.8, 4) is 16.4 Å². The Labute approximate surface area is 166 Å². The van der Waals surface area contributed by atoms with Crippen LogP contribution in [0, 0.1) is 10.1 Å². The highest BCUT2D eigenvalue weighted by atomic mass is 32.1. The molecule has 0 radical (unpaired) electrons. The molecule has 0 fully saturated rings. The molecular formula is C18H12N4O4S2. The van der Waals surface area contributed by atoms with E-state index in [2.05, 4.69) is 10.1 Å². The van der Waals surface area contributed by atoms with Crippen LogP contribution in [0.2, 0.25) is 0 Å². The Morgan fingerprint density at radius 1 is 1.18 bits per heavy atom. The summed E-state index contributed by atoms with van der Waals surface area (Å²) in [5, 5.41) is 18.6. The van der Waals surface area contributed by atoms with Gasteiger partial charge in [0.05, 0.1) is 15.5 Å². The quantitative estimate of drug-likeness (QED) is 0.266. The van der Waals surface area contributed by atoms with Gasteiger partial charge in [-0.05, 0) is 23.6 Å². The summed E-state index contributed by atoms with van der Waals surface area (Å²) in [6.45, 7) is -0.0859. The zero-order valence-corrected chi connectivity index (χ0v) is 15.9. The lowest BCUT2D eigenvalue weighted by Gasteiger charge is -2.03. The summed E-state index contributed by atoms with van der Waals surface area (Å²) in [7, 11) is 0. The SMILES string of the molecule is O=C(OCc1csc([N+](=O)[O-])c1)c1nc(-c2cccs2)n(-c2ccccc2)n1.